The molecule has 4 N–H and O–H groups in total. The highest BCUT2D eigenvalue weighted by molar-refractivity contribution is 5.93. The van der Waals surface area contributed by atoms with Gasteiger partial charge in [0.15, 0.2) is 5.69 Å². The third-order valence-corrected chi connectivity index (χ3v) is 6.18. The molecule has 36 heavy (non-hydrogen) atoms. The number of rotatable bonds is 8. The van der Waals surface area contributed by atoms with Gasteiger partial charge in [-0.05, 0) is 50.3 Å². The van der Waals surface area contributed by atoms with Crippen LogP contribution in [0.5, 0.6) is 0 Å². The fourth-order valence-electron chi connectivity index (χ4n) is 4.20. The second-order valence-corrected chi connectivity index (χ2v) is 8.92. The number of aliphatic hydroxyl groups excluding tert-OH is 1. The normalized spacial score (nSPS) is 16.8. The van der Waals surface area contributed by atoms with Crippen LogP contribution in [0.3, 0.4) is 0 Å². The van der Waals surface area contributed by atoms with E-state index in [9.17, 15) is 19.5 Å². The van der Waals surface area contributed by atoms with Crippen molar-refractivity contribution in [2.45, 2.75) is 64.5 Å². The Kier molecular flexibility index (Phi) is 9.25. The number of benzene rings is 1. The van der Waals surface area contributed by atoms with Gasteiger partial charge in [-0.25, -0.2) is 4.68 Å². The van der Waals surface area contributed by atoms with Crippen LogP contribution in [0.15, 0.2) is 24.3 Å². The van der Waals surface area contributed by atoms with E-state index in [2.05, 4.69) is 22.3 Å². The smallest absolute Gasteiger partial charge is 0.269 e. The minimum Gasteiger partial charge on any atom is -0.380 e. The molecule has 3 amide bonds. The number of amides is 3. The van der Waals surface area contributed by atoms with Gasteiger partial charge in [0, 0.05) is 37.1 Å². The molecule has 0 bridgehead atoms. The Morgan fingerprint density at radius 2 is 2.08 bits per heavy atom. The van der Waals surface area contributed by atoms with Crippen molar-refractivity contribution < 1.29 is 19.5 Å². The third-order valence-electron chi connectivity index (χ3n) is 6.18. The summed E-state index contributed by atoms with van der Waals surface area (Å²) in [5, 5.41) is 17.7. The molecule has 1 fully saturated rings. The number of nitrogens with zero attached hydrogens (tertiary/aromatic N) is 3. The molecule has 0 spiro atoms. The lowest BCUT2D eigenvalue weighted by atomic mass is 9.90. The van der Waals surface area contributed by atoms with Crippen LogP contribution in [0.25, 0.3) is 5.69 Å². The first-order chi connectivity index (χ1) is 17.4. The van der Waals surface area contributed by atoms with E-state index >= 15 is 0 Å². The van der Waals surface area contributed by atoms with Crippen molar-refractivity contribution in [1.82, 2.24) is 20.0 Å². The van der Waals surface area contributed by atoms with Crippen molar-refractivity contribution in [3.05, 3.63) is 46.8 Å². The van der Waals surface area contributed by atoms with Crippen LogP contribution in [0, 0.1) is 17.8 Å². The second kappa shape index (κ2) is 12.4. The predicted molar refractivity (Wildman–Crippen MR) is 136 cm³/mol. The monoisotopic (exact) mass is 493 g/mol. The third kappa shape index (κ3) is 6.52. The zero-order valence-electron chi connectivity index (χ0n) is 21.2. The van der Waals surface area contributed by atoms with E-state index in [4.69, 9.17) is 5.73 Å². The van der Waals surface area contributed by atoms with Crippen molar-refractivity contribution in [2.24, 2.45) is 11.7 Å². The van der Waals surface area contributed by atoms with Crippen LogP contribution in [0.4, 0.5) is 0 Å². The molecule has 1 saturated carbocycles. The van der Waals surface area contributed by atoms with Gasteiger partial charge in [-0.2, -0.15) is 5.10 Å². The fourth-order valence-corrected chi connectivity index (χ4v) is 4.20. The topological polar surface area (TPSA) is 131 Å². The van der Waals surface area contributed by atoms with E-state index in [1.807, 2.05) is 38.1 Å². The summed E-state index contributed by atoms with van der Waals surface area (Å²) in [7, 11) is 1.64. The van der Waals surface area contributed by atoms with Crippen molar-refractivity contribution in [3.63, 3.8) is 0 Å². The molecule has 4 rings (SSSR count). The Hall–Kier alpha value is -3.64. The number of hydrogen-bond donors (Lipinski definition) is 3. The molecule has 2 aliphatic rings. The molecule has 192 valence electrons. The van der Waals surface area contributed by atoms with Crippen LogP contribution >= 0.6 is 0 Å². The minimum absolute atomic E-state index is 0.0242. The number of hydrogen-bond acceptors (Lipinski definition) is 5. The van der Waals surface area contributed by atoms with Gasteiger partial charge >= 0.3 is 0 Å². The van der Waals surface area contributed by atoms with Crippen LogP contribution < -0.4 is 11.1 Å². The molecule has 2 aliphatic carbocycles. The molecule has 1 aromatic heterocycles. The SMILES string of the molecule is CC.CN(C=O)CC[C@@H](O)C#Cc1cccc(-n2nc(C(N)=O)c3c2CCC[C@H]3NC(=O)C2CC2)c1. The maximum absolute atomic E-state index is 12.4. The Morgan fingerprint density at radius 3 is 2.75 bits per heavy atom. The molecule has 2 aromatic rings. The number of aromatic nitrogens is 2. The molecule has 9 heteroatoms. The van der Waals surface area contributed by atoms with E-state index in [0.29, 0.717) is 36.9 Å². The van der Waals surface area contributed by atoms with E-state index in [0.717, 1.165) is 37.1 Å². The van der Waals surface area contributed by atoms with Gasteiger partial charge in [0.2, 0.25) is 12.3 Å². The lowest BCUT2D eigenvalue weighted by Crippen LogP contribution is -2.33. The maximum atomic E-state index is 12.4. The first-order valence-corrected chi connectivity index (χ1v) is 12.5. The fraction of sp³-hybridized carbons (Fsp3) is 0.481. The Bertz CT molecular complexity index is 1160. The molecule has 0 aliphatic heterocycles. The zero-order chi connectivity index (χ0) is 26.2. The van der Waals surface area contributed by atoms with Gasteiger partial charge in [-0.15, -0.1) is 0 Å². The van der Waals surface area contributed by atoms with Gasteiger partial charge < -0.3 is 21.1 Å². The Balaban J connectivity index is 0.00000176. The van der Waals surface area contributed by atoms with Gasteiger partial charge in [0.25, 0.3) is 5.91 Å². The van der Waals surface area contributed by atoms with Crippen molar-refractivity contribution >= 4 is 18.2 Å². The average Bonchev–Trinajstić information content (AvgIpc) is 3.67. The molecule has 9 nitrogen and oxygen atoms in total. The summed E-state index contributed by atoms with van der Waals surface area (Å²) < 4.78 is 1.71. The summed E-state index contributed by atoms with van der Waals surface area (Å²) in [4.78, 5) is 36.8. The van der Waals surface area contributed by atoms with Crippen LogP contribution in [-0.2, 0) is 16.0 Å². The Labute approximate surface area is 212 Å². The van der Waals surface area contributed by atoms with Gasteiger partial charge in [0.1, 0.15) is 6.10 Å². The maximum Gasteiger partial charge on any atom is 0.269 e. The number of nitrogens with one attached hydrogen (secondary N) is 1. The number of carbonyl (C=O) groups excluding carboxylic acids is 3. The molecule has 0 radical (unpaired) electrons. The first-order valence-electron chi connectivity index (χ1n) is 12.5. The molecule has 2 atom stereocenters. The molecule has 0 unspecified atom stereocenters. The van der Waals surface area contributed by atoms with Gasteiger partial charge in [-0.3, -0.25) is 14.4 Å². The minimum atomic E-state index is -0.860. The number of aliphatic hydroxyl groups is 1. The van der Waals surface area contributed by atoms with E-state index in [1.165, 1.54) is 4.90 Å². The number of carbonyl (C=O) groups is 3. The van der Waals surface area contributed by atoms with Crippen molar-refractivity contribution in [3.8, 4) is 17.5 Å². The van der Waals surface area contributed by atoms with Gasteiger partial charge in [-0.1, -0.05) is 31.8 Å². The number of nitrogens with two attached hydrogens (primary N) is 1. The molecule has 1 heterocycles. The second-order valence-electron chi connectivity index (χ2n) is 8.92. The number of primary amides is 1. The zero-order valence-corrected chi connectivity index (χ0v) is 21.2. The summed E-state index contributed by atoms with van der Waals surface area (Å²) in [5.74, 6) is 5.24. The highest BCUT2D eigenvalue weighted by Crippen LogP contribution is 2.36. The summed E-state index contributed by atoms with van der Waals surface area (Å²) in [6.45, 7) is 4.41. The van der Waals surface area contributed by atoms with Crippen molar-refractivity contribution in [1.29, 1.82) is 0 Å². The van der Waals surface area contributed by atoms with Crippen LogP contribution in [0.1, 0.15) is 79.3 Å². The standard InChI is InChI=1S/C25H29N5O4.C2H6/c1-29(15-31)13-12-19(32)11-8-16-4-2-5-18(14-16)30-21-7-3-6-20(27-25(34)17-9-10-17)22(21)23(28-30)24(26)33;1-2/h2,4-5,14-15,17,19-20,32H,3,6-7,9-10,12-13H2,1H3,(H2,26,33)(H,27,34);1-2H3/t19-,20+;/m0./s1. The van der Waals surface area contributed by atoms with Crippen LogP contribution in [-0.4, -0.2) is 57.7 Å². The van der Waals surface area contributed by atoms with Crippen LogP contribution in [0.2, 0.25) is 0 Å². The largest absolute Gasteiger partial charge is 0.380 e. The Morgan fingerprint density at radius 1 is 1.33 bits per heavy atom. The quantitative estimate of drug-likeness (QED) is 0.383. The van der Waals surface area contributed by atoms with Gasteiger partial charge in [0.05, 0.1) is 17.4 Å². The highest BCUT2D eigenvalue weighted by atomic mass is 16.3. The lowest BCUT2D eigenvalue weighted by molar-refractivity contribution is -0.123. The summed E-state index contributed by atoms with van der Waals surface area (Å²) in [5.41, 5.74) is 8.82. The van der Waals surface area contributed by atoms with E-state index < -0.39 is 12.0 Å². The molecular formula is C27H35N5O4. The molecule has 1 aromatic carbocycles. The van der Waals surface area contributed by atoms with E-state index in [1.54, 1.807) is 11.7 Å². The summed E-state index contributed by atoms with van der Waals surface area (Å²) in [6.07, 6.45) is 4.31. The van der Waals surface area contributed by atoms with Crippen molar-refractivity contribution in [2.75, 3.05) is 13.6 Å². The molecular weight excluding hydrogens is 458 g/mol. The predicted octanol–water partition coefficient (Wildman–Crippen LogP) is 2.09. The lowest BCUT2D eigenvalue weighted by Gasteiger charge is -2.25. The average molecular weight is 494 g/mol. The molecule has 0 saturated heterocycles. The van der Waals surface area contributed by atoms with E-state index in [-0.39, 0.29) is 23.6 Å². The summed E-state index contributed by atoms with van der Waals surface area (Å²) in [6, 6.07) is 7.08. The number of fused-ring (bicyclic) bond motifs is 1. The highest BCUT2D eigenvalue weighted by Gasteiger charge is 2.36. The summed E-state index contributed by atoms with van der Waals surface area (Å²) >= 11 is 0. The first kappa shape index (κ1) is 27.0.